The molecule has 15 heteroatoms. The lowest BCUT2D eigenvalue weighted by Gasteiger charge is -2.41. The summed E-state index contributed by atoms with van der Waals surface area (Å²) in [5.74, 6) is -4.14. The van der Waals surface area contributed by atoms with Gasteiger partial charge in [0.15, 0.2) is 35.3 Å². The highest BCUT2D eigenvalue weighted by Gasteiger charge is 2.51. The highest BCUT2D eigenvalue weighted by molar-refractivity contribution is 6.35. The van der Waals surface area contributed by atoms with Crippen LogP contribution in [-0.2, 0) is 23.8 Å². The van der Waals surface area contributed by atoms with E-state index in [-0.39, 0.29) is 72.1 Å². The molecule has 248 valence electrons. The zero-order chi connectivity index (χ0) is 34.0. The minimum Gasteiger partial charge on any atom is -0.459 e. The van der Waals surface area contributed by atoms with Gasteiger partial charge in [-0.05, 0) is 19.5 Å². The van der Waals surface area contributed by atoms with Gasteiger partial charge in [0.05, 0.1) is 30.0 Å². The van der Waals surface area contributed by atoms with E-state index < -0.39 is 76.9 Å². The summed E-state index contributed by atoms with van der Waals surface area (Å²) in [6.45, 7) is 1.09. The number of carbonyl (C=O) groups is 5. The van der Waals surface area contributed by atoms with E-state index in [0.717, 1.165) is 6.07 Å². The van der Waals surface area contributed by atoms with Crippen LogP contribution in [0.5, 0.6) is 5.75 Å². The Bertz CT molecular complexity index is 1830. The Balaban J connectivity index is 1.68. The maximum absolute atomic E-state index is 16.4. The molecular formula is C32H33FN4O10. The molecule has 5 rings (SSSR count). The van der Waals surface area contributed by atoms with E-state index in [1.807, 2.05) is 0 Å². The zero-order valence-electron chi connectivity index (χ0n) is 25.3. The number of H-pyrrole nitrogens is 1. The third-order valence-corrected chi connectivity index (χ3v) is 7.84. The number of fused-ring (bicyclic) bond motifs is 4. The quantitative estimate of drug-likeness (QED) is 0.130. The topological polar surface area (TPSA) is 233 Å². The average Bonchev–Trinajstić information content (AvgIpc) is 3.04. The molecule has 0 radical (unpaired) electrons. The standard InChI is InChI=1S/C32H33FN4O10/c1-14-29(45-20(40)9-12-35)31(46-21(41)10-13-36)25(33)32(44-14)47-30-23(18(38)8-11-34)24-22(17-6-7-19(39)37-26(17)30)27(42)15-4-2-3-5-16(15)28(24)43/h2-7,14,25,29,31-32H,8-13,34-36H2,1H3,(H,37,39)/t14-,25-,29+,31-,32+/m0/s1. The van der Waals surface area contributed by atoms with Crippen LogP contribution in [0.25, 0.3) is 10.9 Å². The molecule has 5 atom stereocenters. The van der Waals surface area contributed by atoms with E-state index in [2.05, 4.69) is 4.98 Å². The number of aromatic amines is 1. The first-order chi connectivity index (χ1) is 22.5. The van der Waals surface area contributed by atoms with Gasteiger partial charge < -0.3 is 41.1 Å². The third-order valence-electron chi connectivity index (χ3n) is 7.84. The molecule has 0 unspecified atom stereocenters. The molecule has 1 aliphatic carbocycles. The summed E-state index contributed by atoms with van der Waals surface area (Å²) < 4.78 is 39.0. The van der Waals surface area contributed by atoms with Gasteiger partial charge in [-0.1, -0.05) is 24.3 Å². The van der Waals surface area contributed by atoms with Crippen molar-refractivity contribution in [3.63, 3.8) is 0 Å². The van der Waals surface area contributed by atoms with E-state index in [4.69, 9.17) is 36.1 Å². The number of esters is 2. The molecule has 14 nitrogen and oxygen atoms in total. The van der Waals surface area contributed by atoms with Crippen molar-refractivity contribution in [3.05, 3.63) is 74.6 Å². The number of ketones is 3. The van der Waals surface area contributed by atoms with Crippen molar-refractivity contribution in [3.8, 4) is 5.75 Å². The Kier molecular flexibility index (Phi) is 9.91. The van der Waals surface area contributed by atoms with Gasteiger partial charge in [0, 0.05) is 53.2 Å². The number of hydrogen-bond acceptors (Lipinski definition) is 13. The molecule has 0 spiro atoms. The first-order valence-corrected chi connectivity index (χ1v) is 14.9. The summed E-state index contributed by atoms with van der Waals surface area (Å²) in [7, 11) is 0. The van der Waals surface area contributed by atoms with Gasteiger partial charge in [0.2, 0.25) is 18.0 Å². The monoisotopic (exact) mass is 652 g/mol. The zero-order valence-corrected chi connectivity index (χ0v) is 25.3. The molecule has 1 saturated heterocycles. The Morgan fingerprint density at radius 3 is 2.00 bits per heavy atom. The smallest absolute Gasteiger partial charge is 0.307 e. The van der Waals surface area contributed by atoms with Crippen molar-refractivity contribution in [2.75, 3.05) is 19.6 Å². The number of alkyl halides is 1. The molecule has 2 aromatic carbocycles. The highest BCUT2D eigenvalue weighted by Crippen LogP contribution is 2.42. The number of aromatic nitrogens is 1. The molecular weight excluding hydrogens is 619 g/mol. The number of nitrogens with one attached hydrogen (secondary N) is 1. The first-order valence-electron chi connectivity index (χ1n) is 14.9. The molecule has 0 bridgehead atoms. The van der Waals surface area contributed by atoms with E-state index in [9.17, 15) is 28.8 Å². The second-order valence-electron chi connectivity index (χ2n) is 11.0. The Labute approximate surface area is 266 Å². The second kappa shape index (κ2) is 13.9. The van der Waals surface area contributed by atoms with Crippen LogP contribution in [0.4, 0.5) is 4.39 Å². The number of benzene rings is 2. The molecule has 2 heterocycles. The fourth-order valence-electron chi connectivity index (χ4n) is 5.74. The van der Waals surface area contributed by atoms with E-state index in [1.54, 1.807) is 12.1 Å². The van der Waals surface area contributed by atoms with Crippen LogP contribution in [0.1, 0.15) is 68.4 Å². The number of rotatable bonds is 11. The fourth-order valence-corrected chi connectivity index (χ4v) is 5.74. The fraction of sp³-hybridized carbons (Fsp3) is 0.375. The lowest BCUT2D eigenvalue weighted by molar-refractivity contribution is -0.262. The summed E-state index contributed by atoms with van der Waals surface area (Å²) in [6.07, 6.45) is -9.42. The van der Waals surface area contributed by atoms with Gasteiger partial charge in [-0.3, -0.25) is 28.8 Å². The summed E-state index contributed by atoms with van der Waals surface area (Å²) in [5.41, 5.74) is 15.0. The van der Waals surface area contributed by atoms with Crippen molar-refractivity contribution in [2.24, 2.45) is 17.2 Å². The lowest BCUT2D eigenvalue weighted by atomic mass is 9.78. The minimum absolute atomic E-state index is 0.0291. The lowest BCUT2D eigenvalue weighted by Crippen LogP contribution is -2.59. The molecule has 1 aromatic heterocycles. The molecule has 0 saturated carbocycles. The maximum atomic E-state index is 16.4. The van der Waals surface area contributed by atoms with Crippen LogP contribution < -0.4 is 27.5 Å². The van der Waals surface area contributed by atoms with Crippen LogP contribution in [0.2, 0.25) is 0 Å². The largest absolute Gasteiger partial charge is 0.459 e. The van der Waals surface area contributed by atoms with Gasteiger partial charge in [0.1, 0.15) is 0 Å². The van der Waals surface area contributed by atoms with E-state index >= 15 is 4.39 Å². The number of hydrogen-bond donors (Lipinski definition) is 4. The number of pyridine rings is 1. The summed E-state index contributed by atoms with van der Waals surface area (Å²) in [6, 6.07) is 8.45. The van der Waals surface area contributed by atoms with Crippen molar-refractivity contribution in [2.45, 2.75) is 57.0 Å². The first kappa shape index (κ1) is 33.5. The van der Waals surface area contributed by atoms with Gasteiger partial charge in [-0.15, -0.1) is 0 Å². The van der Waals surface area contributed by atoms with Crippen LogP contribution in [0, 0.1) is 0 Å². The molecule has 7 N–H and O–H groups in total. The van der Waals surface area contributed by atoms with Crippen molar-refractivity contribution < 1.29 is 47.3 Å². The molecule has 1 aliphatic heterocycles. The Morgan fingerprint density at radius 2 is 1.40 bits per heavy atom. The maximum Gasteiger partial charge on any atom is 0.307 e. The molecule has 3 aromatic rings. The van der Waals surface area contributed by atoms with Crippen LogP contribution >= 0.6 is 0 Å². The molecule has 2 aliphatic rings. The van der Waals surface area contributed by atoms with Gasteiger partial charge in [0.25, 0.3) is 0 Å². The summed E-state index contributed by atoms with van der Waals surface area (Å²) >= 11 is 0. The predicted octanol–water partition coefficient (Wildman–Crippen LogP) is 0.818. The number of halogens is 1. The highest BCUT2D eigenvalue weighted by atomic mass is 19.1. The number of carbonyl (C=O) groups excluding carboxylic acids is 5. The van der Waals surface area contributed by atoms with Gasteiger partial charge in [-0.25, -0.2) is 4.39 Å². The summed E-state index contributed by atoms with van der Waals surface area (Å²) in [4.78, 5) is 81.5. The van der Waals surface area contributed by atoms with Crippen molar-refractivity contribution >= 4 is 40.2 Å². The number of ether oxygens (including phenoxy) is 4. The van der Waals surface area contributed by atoms with Crippen LogP contribution in [0.15, 0.2) is 41.2 Å². The molecule has 1 fully saturated rings. The average molecular weight is 653 g/mol. The van der Waals surface area contributed by atoms with Crippen LogP contribution in [-0.4, -0.2) is 84.7 Å². The number of Topliss-reactive ketones (excluding diaryl/α,β-unsaturated/α-hetero) is 1. The minimum atomic E-state index is -2.35. The number of nitrogens with two attached hydrogens (primary N) is 3. The third kappa shape index (κ3) is 6.30. The van der Waals surface area contributed by atoms with E-state index in [1.165, 1.54) is 25.1 Å². The SMILES string of the molecule is C[C@@H]1O[C@H](Oc2c(C(=O)CCN)c3c(c4ccc(=O)[nH]c24)C(=O)c2ccccc2C3=O)[C@@H](F)[C@H](OC(=O)CCN)[C@@H]1OC(=O)CCN. The molecule has 47 heavy (non-hydrogen) atoms. The van der Waals surface area contributed by atoms with Crippen LogP contribution in [0.3, 0.4) is 0 Å². The van der Waals surface area contributed by atoms with Crippen molar-refractivity contribution in [1.29, 1.82) is 0 Å². The normalized spacial score (nSPS) is 21.9. The Morgan fingerprint density at radius 1 is 0.830 bits per heavy atom. The Hall–Kier alpha value is -4.83. The van der Waals surface area contributed by atoms with Crippen molar-refractivity contribution in [1.82, 2.24) is 4.98 Å². The van der Waals surface area contributed by atoms with Gasteiger partial charge >= 0.3 is 11.9 Å². The van der Waals surface area contributed by atoms with E-state index in [0.29, 0.717) is 0 Å². The molecule has 0 amide bonds. The summed E-state index contributed by atoms with van der Waals surface area (Å²) in [5, 5.41) is 0.0468. The predicted molar refractivity (Wildman–Crippen MR) is 163 cm³/mol. The second-order valence-corrected chi connectivity index (χ2v) is 11.0. The van der Waals surface area contributed by atoms with Gasteiger partial charge in [-0.2, -0.15) is 0 Å².